The van der Waals surface area contributed by atoms with Crippen molar-refractivity contribution in [1.29, 1.82) is 0 Å². The molecule has 1 fully saturated rings. The van der Waals surface area contributed by atoms with E-state index < -0.39 is 0 Å². The van der Waals surface area contributed by atoms with Crippen LogP contribution in [0.3, 0.4) is 0 Å². The van der Waals surface area contributed by atoms with Crippen LogP contribution in [-0.2, 0) is 11.2 Å². The van der Waals surface area contributed by atoms with Gasteiger partial charge in [-0.2, -0.15) is 5.10 Å². The minimum atomic E-state index is -0.246. The second-order valence-corrected chi connectivity index (χ2v) is 8.58. The van der Waals surface area contributed by atoms with Gasteiger partial charge in [0, 0.05) is 35.6 Å². The Bertz CT molecular complexity index is 1250. The maximum absolute atomic E-state index is 12.5. The predicted molar refractivity (Wildman–Crippen MR) is 125 cm³/mol. The number of hydrogen-bond acceptors (Lipinski definition) is 4. The molecule has 5 rings (SSSR count). The van der Waals surface area contributed by atoms with Crippen molar-refractivity contribution in [3.8, 4) is 11.3 Å². The molecule has 3 N–H and O–H groups in total. The molecule has 1 saturated heterocycles. The highest BCUT2D eigenvalue weighted by Crippen LogP contribution is 2.27. The predicted octanol–water partition coefficient (Wildman–Crippen LogP) is 4.79. The summed E-state index contributed by atoms with van der Waals surface area (Å²) in [5.74, 6) is 0.471. The minimum absolute atomic E-state index is 0.246. The SMILES string of the molecule is Cc1[nH]nc(C(=O)Nc2cnc3[nH]c(-c4ccc(CC5CCOCC5)cc4)cc3c2)c1C. The summed E-state index contributed by atoms with van der Waals surface area (Å²) in [6, 6.07) is 12.7. The summed E-state index contributed by atoms with van der Waals surface area (Å²) in [5.41, 5.74) is 7.05. The number of amides is 1. The van der Waals surface area contributed by atoms with Crippen LogP contribution in [0.15, 0.2) is 42.6 Å². The maximum atomic E-state index is 12.5. The van der Waals surface area contributed by atoms with Gasteiger partial charge in [-0.3, -0.25) is 9.89 Å². The van der Waals surface area contributed by atoms with E-state index in [-0.39, 0.29) is 5.91 Å². The van der Waals surface area contributed by atoms with Crippen molar-refractivity contribution < 1.29 is 9.53 Å². The fraction of sp³-hybridized carbons (Fsp3) is 0.320. The number of aromatic nitrogens is 4. The van der Waals surface area contributed by atoms with Crippen LogP contribution in [0, 0.1) is 19.8 Å². The summed E-state index contributed by atoms with van der Waals surface area (Å²) < 4.78 is 5.46. The van der Waals surface area contributed by atoms with Gasteiger partial charge in [-0.15, -0.1) is 0 Å². The van der Waals surface area contributed by atoms with E-state index in [4.69, 9.17) is 4.74 Å². The largest absolute Gasteiger partial charge is 0.381 e. The molecule has 0 saturated carbocycles. The topological polar surface area (TPSA) is 95.7 Å². The van der Waals surface area contributed by atoms with E-state index >= 15 is 0 Å². The second-order valence-electron chi connectivity index (χ2n) is 8.58. The normalized spacial score (nSPS) is 14.7. The lowest BCUT2D eigenvalue weighted by atomic mass is 9.92. The van der Waals surface area contributed by atoms with E-state index in [9.17, 15) is 4.79 Å². The van der Waals surface area contributed by atoms with Crippen molar-refractivity contribution in [2.24, 2.45) is 5.92 Å². The number of nitrogens with one attached hydrogen (secondary N) is 3. The maximum Gasteiger partial charge on any atom is 0.276 e. The van der Waals surface area contributed by atoms with Crippen molar-refractivity contribution in [2.45, 2.75) is 33.1 Å². The van der Waals surface area contributed by atoms with Crippen molar-refractivity contribution >= 4 is 22.6 Å². The molecule has 1 aliphatic heterocycles. The van der Waals surface area contributed by atoms with Gasteiger partial charge in [0.15, 0.2) is 5.69 Å². The molecule has 7 heteroatoms. The van der Waals surface area contributed by atoms with E-state index in [0.717, 1.165) is 71.9 Å². The molecule has 3 aromatic heterocycles. The summed E-state index contributed by atoms with van der Waals surface area (Å²) in [5, 5.41) is 10.8. The van der Waals surface area contributed by atoms with Crippen LogP contribution < -0.4 is 5.32 Å². The summed E-state index contributed by atoms with van der Waals surface area (Å²) in [4.78, 5) is 20.4. The number of carbonyl (C=O) groups excluding carboxylic acids is 1. The zero-order chi connectivity index (χ0) is 22.1. The number of benzene rings is 1. The lowest BCUT2D eigenvalue weighted by molar-refractivity contribution is 0.0665. The molecule has 0 atom stereocenters. The molecule has 0 spiro atoms. The number of anilines is 1. The van der Waals surface area contributed by atoms with Crippen LogP contribution in [0.1, 0.15) is 40.2 Å². The number of aryl methyl sites for hydroxylation is 1. The van der Waals surface area contributed by atoms with E-state index in [1.807, 2.05) is 19.9 Å². The second kappa shape index (κ2) is 8.59. The molecule has 164 valence electrons. The highest BCUT2D eigenvalue weighted by molar-refractivity contribution is 6.04. The number of ether oxygens (including phenoxy) is 1. The molecular formula is C25H27N5O2. The third-order valence-electron chi connectivity index (χ3n) is 6.33. The van der Waals surface area contributed by atoms with E-state index in [1.54, 1.807) is 6.20 Å². The van der Waals surface area contributed by atoms with Gasteiger partial charge in [-0.1, -0.05) is 24.3 Å². The lowest BCUT2D eigenvalue weighted by Crippen LogP contribution is -2.17. The van der Waals surface area contributed by atoms with Crippen LogP contribution in [0.2, 0.25) is 0 Å². The number of hydrogen-bond donors (Lipinski definition) is 3. The molecule has 0 unspecified atom stereocenters. The smallest absolute Gasteiger partial charge is 0.276 e. The average molecular weight is 430 g/mol. The van der Waals surface area contributed by atoms with Crippen LogP contribution >= 0.6 is 0 Å². The van der Waals surface area contributed by atoms with Gasteiger partial charge in [0.25, 0.3) is 5.91 Å². The van der Waals surface area contributed by atoms with E-state index in [2.05, 4.69) is 55.8 Å². The van der Waals surface area contributed by atoms with Crippen LogP contribution in [0.4, 0.5) is 5.69 Å². The Labute approximate surface area is 186 Å². The van der Waals surface area contributed by atoms with E-state index in [1.165, 1.54) is 5.56 Å². The molecule has 32 heavy (non-hydrogen) atoms. The molecule has 4 aromatic rings. The van der Waals surface area contributed by atoms with Crippen LogP contribution in [-0.4, -0.2) is 39.3 Å². The molecule has 0 bridgehead atoms. The van der Waals surface area contributed by atoms with Crippen molar-refractivity contribution in [3.63, 3.8) is 0 Å². The first-order chi connectivity index (χ1) is 15.6. The van der Waals surface area contributed by atoms with Gasteiger partial charge in [-0.05, 0) is 62.3 Å². The summed E-state index contributed by atoms with van der Waals surface area (Å²) in [6.45, 7) is 5.54. The Kier molecular flexibility index (Phi) is 5.49. The summed E-state index contributed by atoms with van der Waals surface area (Å²) in [7, 11) is 0. The Hall–Kier alpha value is -3.45. The Balaban J connectivity index is 1.31. The number of fused-ring (bicyclic) bond motifs is 1. The first-order valence-electron chi connectivity index (χ1n) is 11.1. The summed E-state index contributed by atoms with van der Waals surface area (Å²) >= 11 is 0. The fourth-order valence-electron chi connectivity index (χ4n) is 4.24. The monoisotopic (exact) mass is 429 g/mol. The zero-order valence-electron chi connectivity index (χ0n) is 18.4. The number of pyridine rings is 1. The number of carbonyl (C=O) groups is 1. The highest BCUT2D eigenvalue weighted by Gasteiger charge is 2.16. The Morgan fingerprint density at radius 3 is 2.66 bits per heavy atom. The first kappa shape index (κ1) is 20.5. The van der Waals surface area contributed by atoms with Gasteiger partial charge in [0.1, 0.15) is 5.65 Å². The molecule has 7 nitrogen and oxygen atoms in total. The van der Waals surface area contributed by atoms with Gasteiger partial charge < -0.3 is 15.0 Å². The van der Waals surface area contributed by atoms with Gasteiger partial charge in [0.05, 0.1) is 11.9 Å². The quantitative estimate of drug-likeness (QED) is 0.425. The van der Waals surface area contributed by atoms with Gasteiger partial charge in [0.2, 0.25) is 0 Å². The molecule has 0 aliphatic carbocycles. The molecule has 1 aliphatic rings. The molecule has 4 heterocycles. The average Bonchev–Trinajstić information content (AvgIpc) is 3.38. The summed E-state index contributed by atoms with van der Waals surface area (Å²) in [6.07, 6.45) is 5.06. The molecular weight excluding hydrogens is 402 g/mol. The van der Waals surface area contributed by atoms with E-state index in [0.29, 0.717) is 11.4 Å². The fourth-order valence-corrected chi connectivity index (χ4v) is 4.24. The van der Waals surface area contributed by atoms with Crippen LogP contribution in [0.25, 0.3) is 22.3 Å². The van der Waals surface area contributed by atoms with Crippen molar-refractivity contribution in [2.75, 3.05) is 18.5 Å². The minimum Gasteiger partial charge on any atom is -0.381 e. The molecule has 1 amide bonds. The third kappa shape index (κ3) is 4.16. The Morgan fingerprint density at radius 2 is 1.94 bits per heavy atom. The van der Waals surface area contributed by atoms with Crippen molar-refractivity contribution in [1.82, 2.24) is 20.2 Å². The van der Waals surface area contributed by atoms with Gasteiger partial charge in [-0.25, -0.2) is 4.98 Å². The van der Waals surface area contributed by atoms with Crippen LogP contribution in [0.5, 0.6) is 0 Å². The molecule has 1 aromatic carbocycles. The zero-order valence-corrected chi connectivity index (χ0v) is 18.4. The lowest BCUT2D eigenvalue weighted by Gasteiger charge is -2.21. The number of H-pyrrole nitrogens is 2. The standard InChI is InChI=1S/C25H27N5O2/c1-15-16(2)29-30-23(15)25(31)27-21-12-20-13-22(28-24(20)26-14-21)19-5-3-17(4-6-19)11-18-7-9-32-10-8-18/h3-6,12-14,18H,7-11H2,1-2H3,(H,26,28)(H,27,31)(H,29,30). The van der Waals surface area contributed by atoms with Crippen molar-refractivity contribution in [3.05, 3.63) is 65.1 Å². The third-order valence-corrected chi connectivity index (χ3v) is 6.33. The number of aromatic amines is 2. The number of rotatable bonds is 5. The highest BCUT2D eigenvalue weighted by atomic mass is 16.5. The van der Waals surface area contributed by atoms with Gasteiger partial charge >= 0.3 is 0 Å². The Morgan fingerprint density at radius 1 is 1.16 bits per heavy atom. The molecule has 0 radical (unpaired) electrons. The first-order valence-corrected chi connectivity index (χ1v) is 11.1. The number of nitrogens with zero attached hydrogens (tertiary/aromatic N) is 2.